The van der Waals surface area contributed by atoms with E-state index < -0.39 is 33.0 Å². The highest BCUT2D eigenvalue weighted by Crippen LogP contribution is 2.37. The minimum Gasteiger partial charge on any atom is -0.462 e. The molecule has 0 aliphatic rings. The quantitative estimate of drug-likeness (QED) is 0.450. The normalized spacial score (nSPS) is 11.8. The molecule has 0 atom stereocenters. The lowest BCUT2D eigenvalue weighted by atomic mass is 10.1. The SMILES string of the molecule is CCOC(=O)c1c(C)oc(-c2ccc(C)cc2)c1S(=O)(=O)Nc1ccc(OC(F)(F)F)cc1. The van der Waals surface area contributed by atoms with Crippen LogP contribution in [0.25, 0.3) is 11.3 Å². The summed E-state index contributed by atoms with van der Waals surface area (Å²) in [5.74, 6) is -1.43. The summed E-state index contributed by atoms with van der Waals surface area (Å²) in [5, 5.41) is 0. The van der Waals surface area contributed by atoms with E-state index in [0.29, 0.717) is 5.56 Å². The number of rotatable bonds is 7. The molecule has 3 rings (SSSR count). The van der Waals surface area contributed by atoms with Crippen LogP contribution in [0.3, 0.4) is 0 Å². The van der Waals surface area contributed by atoms with Crippen LogP contribution in [-0.2, 0) is 14.8 Å². The lowest BCUT2D eigenvalue weighted by molar-refractivity contribution is -0.274. The van der Waals surface area contributed by atoms with Gasteiger partial charge in [-0.3, -0.25) is 4.72 Å². The maximum absolute atomic E-state index is 13.3. The van der Waals surface area contributed by atoms with Gasteiger partial charge in [0.25, 0.3) is 10.0 Å². The van der Waals surface area contributed by atoms with E-state index >= 15 is 0 Å². The van der Waals surface area contributed by atoms with Crippen molar-refractivity contribution in [2.24, 2.45) is 0 Å². The third-order valence-electron chi connectivity index (χ3n) is 4.44. The number of hydrogen-bond acceptors (Lipinski definition) is 6. The molecular formula is C22H20F3NO6S. The summed E-state index contributed by atoms with van der Waals surface area (Å²) in [6.07, 6.45) is -4.88. The molecule has 0 saturated carbocycles. The van der Waals surface area contributed by atoms with Gasteiger partial charge in [-0.05, 0) is 45.0 Å². The van der Waals surface area contributed by atoms with Gasteiger partial charge in [0.05, 0.1) is 6.61 Å². The fourth-order valence-corrected chi connectivity index (χ4v) is 4.49. The van der Waals surface area contributed by atoms with E-state index in [4.69, 9.17) is 9.15 Å². The molecule has 0 unspecified atom stereocenters. The lowest BCUT2D eigenvalue weighted by Gasteiger charge is -2.12. The molecule has 0 aliphatic carbocycles. The number of ether oxygens (including phenoxy) is 2. The first kappa shape index (κ1) is 24.2. The van der Waals surface area contributed by atoms with Crippen molar-refractivity contribution in [2.75, 3.05) is 11.3 Å². The fourth-order valence-electron chi connectivity index (χ4n) is 3.05. The minimum absolute atomic E-state index is 0.0108. The molecule has 0 saturated heterocycles. The van der Waals surface area contributed by atoms with Crippen LogP contribution in [0.5, 0.6) is 5.75 Å². The summed E-state index contributed by atoms with van der Waals surface area (Å²) < 4.78 is 80.5. The number of benzene rings is 2. The Labute approximate surface area is 188 Å². The average molecular weight is 483 g/mol. The number of furan rings is 1. The molecule has 0 amide bonds. The molecule has 33 heavy (non-hydrogen) atoms. The Kier molecular flexibility index (Phi) is 6.73. The number of hydrogen-bond donors (Lipinski definition) is 1. The van der Waals surface area contributed by atoms with Crippen molar-refractivity contribution in [3.63, 3.8) is 0 Å². The first-order chi connectivity index (χ1) is 15.4. The maximum atomic E-state index is 13.3. The second-order valence-corrected chi connectivity index (χ2v) is 8.57. The van der Waals surface area contributed by atoms with E-state index in [1.807, 2.05) is 6.92 Å². The number of esters is 1. The van der Waals surface area contributed by atoms with Gasteiger partial charge in [-0.25, -0.2) is 13.2 Å². The van der Waals surface area contributed by atoms with Gasteiger partial charge in [0.2, 0.25) is 0 Å². The Balaban J connectivity index is 2.06. The van der Waals surface area contributed by atoms with Crippen LogP contribution in [-0.4, -0.2) is 27.4 Å². The number of carbonyl (C=O) groups excluding carboxylic acids is 1. The Morgan fingerprint density at radius 3 is 2.18 bits per heavy atom. The van der Waals surface area contributed by atoms with Crippen LogP contribution >= 0.6 is 0 Å². The van der Waals surface area contributed by atoms with Gasteiger partial charge in [0.1, 0.15) is 22.0 Å². The second-order valence-electron chi connectivity index (χ2n) is 6.96. The molecule has 0 aliphatic heterocycles. The number of sulfonamides is 1. The van der Waals surface area contributed by atoms with Crippen LogP contribution in [0.15, 0.2) is 57.8 Å². The monoisotopic (exact) mass is 483 g/mol. The third kappa shape index (κ3) is 5.67. The number of carbonyl (C=O) groups is 1. The molecule has 1 N–H and O–H groups in total. The maximum Gasteiger partial charge on any atom is 0.573 e. The van der Waals surface area contributed by atoms with Crippen LogP contribution in [0.1, 0.15) is 28.6 Å². The molecule has 2 aromatic carbocycles. The van der Waals surface area contributed by atoms with E-state index in [-0.39, 0.29) is 29.4 Å². The van der Waals surface area contributed by atoms with Crippen molar-refractivity contribution >= 4 is 21.7 Å². The highest BCUT2D eigenvalue weighted by molar-refractivity contribution is 7.93. The highest BCUT2D eigenvalue weighted by Gasteiger charge is 2.34. The largest absolute Gasteiger partial charge is 0.573 e. The van der Waals surface area contributed by atoms with Gasteiger partial charge in [-0.15, -0.1) is 13.2 Å². The summed E-state index contributed by atoms with van der Waals surface area (Å²) in [4.78, 5) is 12.1. The minimum atomic E-state index is -4.88. The average Bonchev–Trinajstić information content (AvgIpc) is 3.07. The molecule has 176 valence electrons. The zero-order chi connectivity index (χ0) is 24.4. The number of halogens is 3. The molecule has 0 bridgehead atoms. The van der Waals surface area contributed by atoms with Crippen LogP contribution in [0, 0.1) is 13.8 Å². The summed E-state index contributed by atoms with van der Waals surface area (Å²) in [6, 6.07) is 10.9. The van der Waals surface area contributed by atoms with Gasteiger partial charge >= 0.3 is 12.3 Å². The van der Waals surface area contributed by atoms with Crippen molar-refractivity contribution in [2.45, 2.75) is 32.0 Å². The number of alkyl halides is 3. The smallest absolute Gasteiger partial charge is 0.462 e. The Hall–Kier alpha value is -3.47. The lowest BCUT2D eigenvalue weighted by Crippen LogP contribution is -2.18. The summed E-state index contributed by atoms with van der Waals surface area (Å²) in [6.45, 7) is 4.88. The Morgan fingerprint density at radius 2 is 1.64 bits per heavy atom. The zero-order valence-electron chi connectivity index (χ0n) is 17.8. The fraction of sp³-hybridized carbons (Fsp3) is 0.227. The molecule has 1 aromatic heterocycles. The van der Waals surface area contributed by atoms with Crippen LogP contribution in [0.2, 0.25) is 0 Å². The first-order valence-electron chi connectivity index (χ1n) is 9.67. The number of aryl methyl sites for hydroxylation is 2. The first-order valence-corrected chi connectivity index (χ1v) is 11.2. The molecule has 1 heterocycles. The van der Waals surface area contributed by atoms with E-state index in [1.165, 1.54) is 6.92 Å². The van der Waals surface area contributed by atoms with E-state index in [9.17, 15) is 26.4 Å². The molecule has 7 nitrogen and oxygen atoms in total. The standard InChI is InChI=1S/C22H20F3NO6S/c1-4-30-21(27)18-14(3)31-19(15-7-5-13(2)6-8-15)20(18)33(28,29)26-16-9-11-17(12-10-16)32-22(23,24)25/h5-12,26H,4H2,1-3H3. The van der Waals surface area contributed by atoms with Crippen LogP contribution < -0.4 is 9.46 Å². The highest BCUT2D eigenvalue weighted by atomic mass is 32.2. The molecule has 0 spiro atoms. The predicted molar refractivity (Wildman–Crippen MR) is 114 cm³/mol. The van der Waals surface area contributed by atoms with E-state index in [0.717, 1.165) is 29.8 Å². The van der Waals surface area contributed by atoms with Gasteiger partial charge in [-0.1, -0.05) is 29.8 Å². The van der Waals surface area contributed by atoms with Gasteiger partial charge < -0.3 is 13.9 Å². The van der Waals surface area contributed by atoms with Crippen LogP contribution in [0.4, 0.5) is 18.9 Å². The molecule has 3 aromatic rings. The summed E-state index contributed by atoms with van der Waals surface area (Å²) in [7, 11) is -4.43. The van der Waals surface area contributed by atoms with Gasteiger partial charge in [0, 0.05) is 11.3 Å². The number of anilines is 1. The van der Waals surface area contributed by atoms with E-state index in [2.05, 4.69) is 9.46 Å². The Morgan fingerprint density at radius 1 is 1.03 bits per heavy atom. The predicted octanol–water partition coefficient (Wildman–Crippen LogP) is 5.44. The zero-order valence-corrected chi connectivity index (χ0v) is 18.6. The second kappa shape index (κ2) is 9.18. The summed E-state index contributed by atoms with van der Waals surface area (Å²) >= 11 is 0. The summed E-state index contributed by atoms with van der Waals surface area (Å²) in [5.41, 5.74) is 1.02. The topological polar surface area (TPSA) is 94.8 Å². The number of nitrogens with one attached hydrogen (secondary N) is 1. The molecular weight excluding hydrogens is 463 g/mol. The van der Waals surface area contributed by atoms with Crippen molar-refractivity contribution in [1.29, 1.82) is 0 Å². The van der Waals surface area contributed by atoms with Crippen molar-refractivity contribution < 1.29 is 40.3 Å². The van der Waals surface area contributed by atoms with Crippen molar-refractivity contribution in [1.82, 2.24) is 0 Å². The molecule has 11 heteroatoms. The molecule has 0 fully saturated rings. The van der Waals surface area contributed by atoms with Gasteiger partial charge in [0.15, 0.2) is 5.76 Å². The third-order valence-corrected chi connectivity index (χ3v) is 5.87. The molecule has 0 radical (unpaired) electrons. The van der Waals surface area contributed by atoms with Crippen molar-refractivity contribution in [3.8, 4) is 17.1 Å². The van der Waals surface area contributed by atoms with Gasteiger partial charge in [-0.2, -0.15) is 0 Å². The van der Waals surface area contributed by atoms with Crippen molar-refractivity contribution in [3.05, 3.63) is 65.4 Å². The Bertz CT molecular complexity index is 1250. The van der Waals surface area contributed by atoms with E-state index in [1.54, 1.807) is 31.2 Å².